The van der Waals surface area contributed by atoms with Gasteiger partial charge < -0.3 is 10.0 Å². The lowest BCUT2D eigenvalue weighted by atomic mass is 10.2. The van der Waals surface area contributed by atoms with Gasteiger partial charge in [0.05, 0.1) is 6.42 Å². The third-order valence-corrected chi connectivity index (χ3v) is 2.45. The standard InChI is InChI=1S/C9H17FN2O2/c1-11-2-4-12(5-3-11)7-8(10)6-9(13)14/h8H,2-7H2,1H3,(H,13,14). The zero-order chi connectivity index (χ0) is 10.6. The normalized spacial score (nSPS) is 22.1. The molecular weight excluding hydrogens is 187 g/mol. The zero-order valence-electron chi connectivity index (χ0n) is 8.45. The van der Waals surface area contributed by atoms with Gasteiger partial charge in [-0.1, -0.05) is 0 Å². The number of carboxylic acid groups (broad SMARTS) is 1. The Morgan fingerprint density at radius 1 is 1.43 bits per heavy atom. The number of aliphatic carboxylic acids is 1. The summed E-state index contributed by atoms with van der Waals surface area (Å²) >= 11 is 0. The van der Waals surface area contributed by atoms with Crippen LogP contribution in [0.2, 0.25) is 0 Å². The molecule has 0 aliphatic carbocycles. The van der Waals surface area contributed by atoms with Gasteiger partial charge in [-0.25, -0.2) is 4.39 Å². The van der Waals surface area contributed by atoms with E-state index < -0.39 is 12.1 Å². The van der Waals surface area contributed by atoms with E-state index in [1.807, 2.05) is 11.9 Å². The largest absolute Gasteiger partial charge is 0.481 e. The topological polar surface area (TPSA) is 43.8 Å². The lowest BCUT2D eigenvalue weighted by molar-refractivity contribution is -0.138. The van der Waals surface area contributed by atoms with Crippen molar-refractivity contribution in [2.45, 2.75) is 12.6 Å². The third-order valence-electron chi connectivity index (χ3n) is 2.45. The number of piperazine rings is 1. The molecule has 1 aliphatic rings. The molecule has 0 aromatic heterocycles. The summed E-state index contributed by atoms with van der Waals surface area (Å²) in [6.07, 6.45) is -1.62. The van der Waals surface area contributed by atoms with Gasteiger partial charge in [-0.05, 0) is 7.05 Å². The van der Waals surface area contributed by atoms with Crippen LogP contribution < -0.4 is 0 Å². The molecule has 0 saturated carbocycles. The van der Waals surface area contributed by atoms with Gasteiger partial charge in [-0.15, -0.1) is 0 Å². The van der Waals surface area contributed by atoms with E-state index in [1.54, 1.807) is 0 Å². The minimum absolute atomic E-state index is 0.250. The first-order chi connectivity index (χ1) is 6.58. The molecule has 14 heavy (non-hydrogen) atoms. The maximum Gasteiger partial charge on any atom is 0.306 e. The lowest BCUT2D eigenvalue weighted by Crippen LogP contribution is -2.46. The molecule has 1 rings (SSSR count). The summed E-state index contributed by atoms with van der Waals surface area (Å²) < 4.78 is 13.1. The minimum Gasteiger partial charge on any atom is -0.481 e. The highest BCUT2D eigenvalue weighted by atomic mass is 19.1. The van der Waals surface area contributed by atoms with E-state index in [2.05, 4.69) is 4.90 Å². The van der Waals surface area contributed by atoms with Crippen LogP contribution in [0, 0.1) is 0 Å². The highest BCUT2D eigenvalue weighted by Gasteiger charge is 2.19. The molecule has 0 radical (unpaired) electrons. The van der Waals surface area contributed by atoms with Gasteiger partial charge in [-0.2, -0.15) is 0 Å². The smallest absolute Gasteiger partial charge is 0.306 e. The maximum absolute atomic E-state index is 13.1. The van der Waals surface area contributed by atoms with Crippen molar-refractivity contribution in [1.82, 2.24) is 9.80 Å². The highest BCUT2D eigenvalue weighted by molar-refractivity contribution is 5.67. The lowest BCUT2D eigenvalue weighted by Gasteiger charge is -2.32. The van der Waals surface area contributed by atoms with Crippen LogP contribution in [0.15, 0.2) is 0 Å². The quantitative estimate of drug-likeness (QED) is 0.702. The summed E-state index contributed by atoms with van der Waals surface area (Å²) in [6, 6.07) is 0. The van der Waals surface area contributed by atoms with Gasteiger partial charge in [0.15, 0.2) is 0 Å². The number of hydrogen-bond donors (Lipinski definition) is 1. The Bertz CT molecular complexity index is 193. The van der Waals surface area contributed by atoms with Crippen molar-refractivity contribution in [2.75, 3.05) is 39.8 Å². The van der Waals surface area contributed by atoms with Gasteiger partial charge in [0.2, 0.25) is 0 Å². The third kappa shape index (κ3) is 4.02. The van der Waals surface area contributed by atoms with E-state index >= 15 is 0 Å². The van der Waals surface area contributed by atoms with Crippen molar-refractivity contribution in [3.8, 4) is 0 Å². The number of halogens is 1. The summed E-state index contributed by atoms with van der Waals surface area (Å²) in [4.78, 5) is 14.4. The molecule has 0 bridgehead atoms. The summed E-state index contributed by atoms with van der Waals surface area (Å²) in [7, 11) is 2.03. The van der Waals surface area contributed by atoms with Gasteiger partial charge in [-0.3, -0.25) is 9.69 Å². The SMILES string of the molecule is CN1CCN(CC(F)CC(=O)O)CC1. The number of likely N-dealkylation sites (N-methyl/N-ethyl adjacent to an activating group) is 1. The number of rotatable bonds is 4. The molecule has 1 heterocycles. The summed E-state index contributed by atoms with van der Waals surface area (Å²) in [5.41, 5.74) is 0. The molecule has 1 atom stereocenters. The van der Waals surface area contributed by atoms with Crippen LogP contribution in [-0.4, -0.2) is 66.8 Å². The molecule has 5 heteroatoms. The van der Waals surface area contributed by atoms with E-state index in [0.29, 0.717) is 0 Å². The van der Waals surface area contributed by atoms with Gasteiger partial charge in [0.25, 0.3) is 0 Å². The van der Waals surface area contributed by atoms with Crippen molar-refractivity contribution in [1.29, 1.82) is 0 Å². The van der Waals surface area contributed by atoms with Gasteiger partial charge in [0.1, 0.15) is 6.17 Å². The molecule has 1 saturated heterocycles. The fraction of sp³-hybridized carbons (Fsp3) is 0.889. The predicted molar refractivity (Wildman–Crippen MR) is 51.1 cm³/mol. The minimum atomic E-state index is -1.24. The first kappa shape index (κ1) is 11.4. The average Bonchev–Trinajstić information content (AvgIpc) is 2.07. The average molecular weight is 204 g/mol. The predicted octanol–water partition coefficient (Wildman–Crippen LogP) is 0.0466. The summed E-state index contributed by atoms with van der Waals surface area (Å²) in [5, 5.41) is 8.39. The molecule has 1 N–H and O–H groups in total. The van der Waals surface area contributed by atoms with E-state index in [4.69, 9.17) is 5.11 Å². The van der Waals surface area contributed by atoms with Crippen molar-refractivity contribution in [3.05, 3.63) is 0 Å². The second kappa shape index (κ2) is 5.26. The second-order valence-electron chi connectivity index (χ2n) is 3.80. The molecule has 0 aromatic rings. The summed E-state index contributed by atoms with van der Waals surface area (Å²) in [5.74, 6) is -1.06. The fourth-order valence-electron chi connectivity index (χ4n) is 1.56. The van der Waals surface area contributed by atoms with Crippen LogP contribution in [0.4, 0.5) is 4.39 Å². The molecule has 0 spiro atoms. The Morgan fingerprint density at radius 3 is 2.50 bits per heavy atom. The molecule has 82 valence electrons. The maximum atomic E-state index is 13.1. The van der Waals surface area contributed by atoms with Crippen LogP contribution in [-0.2, 0) is 4.79 Å². The Labute approximate surface area is 83.3 Å². The van der Waals surface area contributed by atoms with Crippen molar-refractivity contribution in [3.63, 3.8) is 0 Å². The van der Waals surface area contributed by atoms with Crippen LogP contribution in [0.3, 0.4) is 0 Å². The van der Waals surface area contributed by atoms with E-state index in [9.17, 15) is 9.18 Å². The van der Waals surface area contributed by atoms with Crippen LogP contribution in [0.1, 0.15) is 6.42 Å². The van der Waals surface area contributed by atoms with Crippen molar-refractivity contribution < 1.29 is 14.3 Å². The van der Waals surface area contributed by atoms with Gasteiger partial charge >= 0.3 is 5.97 Å². The number of alkyl halides is 1. The molecule has 4 nitrogen and oxygen atoms in total. The Kier molecular flexibility index (Phi) is 4.28. The van der Waals surface area contributed by atoms with Crippen molar-refractivity contribution >= 4 is 5.97 Å². The molecule has 1 aliphatic heterocycles. The summed E-state index contributed by atoms with van der Waals surface area (Å²) in [6.45, 7) is 3.77. The number of hydrogen-bond acceptors (Lipinski definition) is 3. The first-order valence-electron chi connectivity index (χ1n) is 4.84. The number of nitrogens with zero attached hydrogens (tertiary/aromatic N) is 2. The monoisotopic (exact) mass is 204 g/mol. The van der Waals surface area contributed by atoms with E-state index in [0.717, 1.165) is 26.2 Å². The fourth-order valence-corrected chi connectivity index (χ4v) is 1.56. The Morgan fingerprint density at radius 2 is 2.00 bits per heavy atom. The number of carboxylic acids is 1. The molecule has 1 unspecified atom stereocenters. The number of carbonyl (C=O) groups is 1. The molecule has 1 fully saturated rings. The van der Waals surface area contributed by atoms with Crippen LogP contribution >= 0.6 is 0 Å². The molecule has 0 amide bonds. The van der Waals surface area contributed by atoms with Crippen molar-refractivity contribution in [2.24, 2.45) is 0 Å². The zero-order valence-corrected chi connectivity index (χ0v) is 8.45. The van der Waals surface area contributed by atoms with Crippen LogP contribution in [0.25, 0.3) is 0 Å². The van der Waals surface area contributed by atoms with E-state index in [1.165, 1.54) is 0 Å². The second-order valence-corrected chi connectivity index (χ2v) is 3.80. The van der Waals surface area contributed by atoms with E-state index in [-0.39, 0.29) is 13.0 Å². The van der Waals surface area contributed by atoms with Gasteiger partial charge in [0, 0.05) is 32.7 Å². The first-order valence-corrected chi connectivity index (χ1v) is 4.84. The van der Waals surface area contributed by atoms with Crippen LogP contribution in [0.5, 0.6) is 0 Å². The Hall–Kier alpha value is -0.680. The molecular formula is C9H17FN2O2. The highest BCUT2D eigenvalue weighted by Crippen LogP contribution is 2.05. The molecule has 0 aromatic carbocycles. The Balaban J connectivity index is 2.20.